The number of anilines is 1. The Morgan fingerprint density at radius 2 is 1.76 bits per heavy atom. The monoisotopic (exact) mass is 458 g/mol. The van der Waals surface area contributed by atoms with Crippen LogP contribution in [0.1, 0.15) is 33.3 Å². The first-order valence-electron chi connectivity index (χ1n) is 10.7. The van der Waals surface area contributed by atoms with Crippen molar-refractivity contribution < 1.29 is 9.53 Å². The van der Waals surface area contributed by atoms with Crippen LogP contribution in [-0.2, 0) is 11.4 Å². The Hall–Kier alpha value is -3.58. The summed E-state index contributed by atoms with van der Waals surface area (Å²) in [5, 5.41) is 10.3. The highest BCUT2D eigenvalue weighted by molar-refractivity contribution is 8.00. The van der Waals surface area contributed by atoms with E-state index in [2.05, 4.69) is 20.5 Å². The third kappa shape index (κ3) is 5.81. The van der Waals surface area contributed by atoms with Crippen molar-refractivity contribution in [1.82, 2.24) is 15.2 Å². The number of H-pyrrole nitrogens is 1. The van der Waals surface area contributed by atoms with Crippen molar-refractivity contribution in [2.24, 2.45) is 0 Å². The third-order valence-corrected chi connectivity index (χ3v) is 6.30. The Morgan fingerprint density at radius 1 is 1.00 bits per heavy atom. The smallest absolute Gasteiger partial charge is 0.242 e. The van der Waals surface area contributed by atoms with E-state index in [1.807, 2.05) is 93.6 Å². The van der Waals surface area contributed by atoms with Gasteiger partial charge in [-0.3, -0.25) is 9.89 Å². The molecule has 0 aliphatic rings. The van der Waals surface area contributed by atoms with Crippen molar-refractivity contribution in [2.75, 3.05) is 5.32 Å². The van der Waals surface area contributed by atoms with Crippen LogP contribution in [0.3, 0.4) is 0 Å². The number of carbonyl (C=O) groups excluding carboxylic acids is 1. The second-order valence-electron chi connectivity index (χ2n) is 7.84. The van der Waals surface area contributed by atoms with Crippen LogP contribution < -0.4 is 10.1 Å². The highest BCUT2D eigenvalue weighted by Crippen LogP contribution is 2.35. The van der Waals surface area contributed by atoms with Gasteiger partial charge in [0.25, 0.3) is 0 Å². The van der Waals surface area contributed by atoms with Gasteiger partial charge in [-0.2, -0.15) is 0 Å². The molecule has 1 aromatic heterocycles. The lowest BCUT2D eigenvalue weighted by atomic mass is 10.1. The first-order chi connectivity index (χ1) is 16.0. The van der Waals surface area contributed by atoms with E-state index in [9.17, 15) is 4.79 Å². The van der Waals surface area contributed by atoms with Crippen molar-refractivity contribution >= 4 is 23.4 Å². The number of nitrogens with zero attached hydrogens (tertiary/aromatic N) is 2. The summed E-state index contributed by atoms with van der Waals surface area (Å²) in [6.07, 6.45) is 0. The van der Waals surface area contributed by atoms with Gasteiger partial charge in [0.1, 0.15) is 17.6 Å². The summed E-state index contributed by atoms with van der Waals surface area (Å²) in [5.74, 6) is 1.28. The maximum Gasteiger partial charge on any atom is 0.242 e. The predicted molar refractivity (Wildman–Crippen MR) is 131 cm³/mol. The van der Waals surface area contributed by atoms with Gasteiger partial charge in [0, 0.05) is 5.69 Å². The third-order valence-electron chi connectivity index (χ3n) is 5.18. The van der Waals surface area contributed by atoms with E-state index in [-0.39, 0.29) is 12.5 Å². The molecule has 3 aromatic carbocycles. The van der Waals surface area contributed by atoms with Crippen molar-refractivity contribution in [3.8, 4) is 5.75 Å². The molecule has 0 saturated carbocycles. The van der Waals surface area contributed by atoms with Crippen LogP contribution in [0.5, 0.6) is 5.75 Å². The van der Waals surface area contributed by atoms with E-state index in [1.165, 1.54) is 11.8 Å². The summed E-state index contributed by atoms with van der Waals surface area (Å²) in [4.78, 5) is 17.8. The Morgan fingerprint density at radius 3 is 2.55 bits per heavy atom. The zero-order valence-electron chi connectivity index (χ0n) is 18.8. The number of thioether (sulfide) groups is 1. The maximum atomic E-state index is 13.3. The van der Waals surface area contributed by atoms with E-state index in [0.29, 0.717) is 11.0 Å². The molecule has 0 unspecified atom stereocenters. The topological polar surface area (TPSA) is 79.9 Å². The number of nitrogens with one attached hydrogen (secondary N) is 2. The highest BCUT2D eigenvalue weighted by atomic mass is 32.2. The second kappa shape index (κ2) is 10.4. The standard InChI is InChI=1S/C26H26N4O2S/c1-17-13-14-18(2)21(15-17)27-25(31)24(20-10-5-4-6-11-20)33-26-28-23(29-30-26)16-32-22-12-8-7-9-19(22)3/h4-15,24H,16H2,1-3H3,(H,27,31)(H,28,29,30)/t24-/m0/s1. The van der Waals surface area contributed by atoms with Gasteiger partial charge >= 0.3 is 0 Å². The highest BCUT2D eigenvalue weighted by Gasteiger charge is 2.24. The minimum Gasteiger partial charge on any atom is -0.485 e. The molecule has 168 valence electrons. The van der Waals surface area contributed by atoms with Gasteiger partial charge in [-0.25, -0.2) is 4.98 Å². The van der Waals surface area contributed by atoms with Crippen LogP contribution in [0.2, 0.25) is 0 Å². The van der Waals surface area contributed by atoms with E-state index >= 15 is 0 Å². The van der Waals surface area contributed by atoms with Gasteiger partial charge in [0.15, 0.2) is 5.82 Å². The first kappa shape index (κ1) is 22.6. The molecule has 0 spiro atoms. The molecule has 4 rings (SSSR count). The summed E-state index contributed by atoms with van der Waals surface area (Å²) in [5.41, 5.74) is 4.85. The van der Waals surface area contributed by atoms with Gasteiger partial charge in [0.05, 0.1) is 0 Å². The minimum absolute atomic E-state index is 0.123. The average Bonchev–Trinajstić information content (AvgIpc) is 3.27. The number of hydrogen-bond donors (Lipinski definition) is 2. The molecule has 0 aliphatic heterocycles. The van der Waals surface area contributed by atoms with Crippen LogP contribution in [0.4, 0.5) is 5.69 Å². The number of ether oxygens (including phenoxy) is 1. The van der Waals surface area contributed by atoms with Gasteiger partial charge in [-0.15, -0.1) is 5.10 Å². The van der Waals surface area contributed by atoms with Crippen LogP contribution in [0.25, 0.3) is 0 Å². The zero-order valence-corrected chi connectivity index (χ0v) is 19.6. The molecule has 6 nitrogen and oxygen atoms in total. The number of benzene rings is 3. The van der Waals surface area contributed by atoms with Crippen molar-refractivity contribution in [2.45, 2.75) is 37.8 Å². The quantitative estimate of drug-likeness (QED) is 0.327. The molecule has 1 amide bonds. The average molecular weight is 459 g/mol. The maximum absolute atomic E-state index is 13.3. The molecule has 0 aliphatic carbocycles. The molecule has 4 aromatic rings. The number of carbonyl (C=O) groups is 1. The number of amides is 1. The second-order valence-corrected chi connectivity index (χ2v) is 8.91. The molecule has 0 radical (unpaired) electrons. The summed E-state index contributed by atoms with van der Waals surface area (Å²) < 4.78 is 5.85. The lowest BCUT2D eigenvalue weighted by molar-refractivity contribution is -0.115. The van der Waals surface area contributed by atoms with Crippen LogP contribution in [0, 0.1) is 20.8 Å². The fourth-order valence-corrected chi connectivity index (χ4v) is 4.27. The van der Waals surface area contributed by atoms with Crippen LogP contribution in [-0.4, -0.2) is 21.1 Å². The molecule has 2 N–H and O–H groups in total. The molecule has 0 fully saturated rings. The lowest BCUT2D eigenvalue weighted by Gasteiger charge is -2.17. The van der Waals surface area contributed by atoms with Crippen molar-refractivity contribution in [3.63, 3.8) is 0 Å². The Balaban J connectivity index is 1.50. The Bertz CT molecular complexity index is 1240. The molecular formula is C26H26N4O2S. The van der Waals surface area contributed by atoms with Crippen LogP contribution in [0.15, 0.2) is 78.0 Å². The molecule has 1 atom stereocenters. The molecule has 1 heterocycles. The molecule has 33 heavy (non-hydrogen) atoms. The van der Waals surface area contributed by atoms with E-state index in [1.54, 1.807) is 0 Å². The van der Waals surface area contributed by atoms with E-state index in [4.69, 9.17) is 4.74 Å². The van der Waals surface area contributed by atoms with Gasteiger partial charge in [-0.05, 0) is 55.2 Å². The summed E-state index contributed by atoms with van der Waals surface area (Å²) in [6.45, 7) is 6.25. The van der Waals surface area contributed by atoms with Crippen molar-refractivity contribution in [1.29, 1.82) is 0 Å². The SMILES string of the molecule is Cc1ccc(C)c(NC(=O)[C@@H](Sc2n[nH]c(COc3ccccc3C)n2)c2ccccc2)c1. The Labute approximate surface area is 197 Å². The molecule has 0 saturated heterocycles. The van der Waals surface area contributed by atoms with Gasteiger partial charge in [-0.1, -0.05) is 72.4 Å². The first-order valence-corrected chi connectivity index (χ1v) is 11.6. The van der Waals surface area contributed by atoms with E-state index in [0.717, 1.165) is 33.7 Å². The van der Waals surface area contributed by atoms with Crippen molar-refractivity contribution in [3.05, 3.63) is 101 Å². The summed E-state index contributed by atoms with van der Waals surface area (Å²) in [7, 11) is 0. The number of aromatic nitrogens is 3. The summed E-state index contributed by atoms with van der Waals surface area (Å²) in [6, 6.07) is 23.5. The lowest BCUT2D eigenvalue weighted by Crippen LogP contribution is -2.19. The number of hydrogen-bond acceptors (Lipinski definition) is 5. The number of rotatable bonds is 8. The molecule has 7 heteroatoms. The van der Waals surface area contributed by atoms with Crippen LogP contribution >= 0.6 is 11.8 Å². The summed E-state index contributed by atoms with van der Waals surface area (Å²) >= 11 is 1.30. The molecular weight excluding hydrogens is 432 g/mol. The molecule has 0 bridgehead atoms. The zero-order chi connectivity index (χ0) is 23.2. The Kier molecular flexibility index (Phi) is 7.10. The minimum atomic E-state index is -0.507. The normalized spacial score (nSPS) is 11.7. The fourth-order valence-electron chi connectivity index (χ4n) is 3.33. The van der Waals surface area contributed by atoms with Gasteiger partial charge in [0.2, 0.25) is 11.1 Å². The predicted octanol–water partition coefficient (Wildman–Crippen LogP) is 5.78. The van der Waals surface area contributed by atoms with Gasteiger partial charge < -0.3 is 10.1 Å². The fraction of sp³-hybridized carbons (Fsp3) is 0.192. The largest absolute Gasteiger partial charge is 0.485 e. The number of para-hydroxylation sites is 1. The van der Waals surface area contributed by atoms with E-state index < -0.39 is 5.25 Å². The number of aryl methyl sites for hydroxylation is 3. The number of aromatic amines is 1.